The third-order valence-corrected chi connectivity index (χ3v) is 2.51. The molecule has 0 saturated carbocycles. The van der Waals surface area contributed by atoms with E-state index in [1.807, 2.05) is 19.9 Å². The van der Waals surface area contributed by atoms with Crippen molar-refractivity contribution >= 4 is 0 Å². The Morgan fingerprint density at radius 3 is 2.75 bits per heavy atom. The molecule has 3 heteroatoms. The second kappa shape index (κ2) is 3.42. The van der Waals surface area contributed by atoms with Crippen molar-refractivity contribution < 1.29 is 9.84 Å². The zero-order valence-corrected chi connectivity index (χ0v) is 7.58. The maximum absolute atomic E-state index is 9.82. The van der Waals surface area contributed by atoms with Gasteiger partial charge in [-0.1, -0.05) is 13.8 Å². The average Bonchev–Trinajstić information content (AvgIpc) is 2.05. The quantitative estimate of drug-likeness (QED) is 0.594. The Balaban J connectivity index is 2.75. The topological polar surface area (TPSA) is 53.2 Å². The summed E-state index contributed by atoms with van der Waals surface area (Å²) in [4.78, 5) is 0. The maximum Gasteiger partial charge on any atom is 0.177 e. The van der Waals surface area contributed by atoms with E-state index in [4.69, 9.17) is 10.00 Å². The average molecular weight is 169 g/mol. The molecule has 0 amide bonds. The number of nitriles is 1. The van der Waals surface area contributed by atoms with Crippen LogP contribution in [0.2, 0.25) is 0 Å². The van der Waals surface area contributed by atoms with Crippen LogP contribution in [0, 0.1) is 23.2 Å². The molecule has 1 saturated heterocycles. The SMILES string of the molecule is CC(C)C1CCOCC1(O)C#N. The predicted molar refractivity (Wildman–Crippen MR) is 44.3 cm³/mol. The molecule has 1 fully saturated rings. The summed E-state index contributed by atoms with van der Waals surface area (Å²) < 4.78 is 5.08. The molecule has 0 spiro atoms. The molecule has 68 valence electrons. The fourth-order valence-corrected chi connectivity index (χ4v) is 1.78. The first kappa shape index (κ1) is 9.50. The first-order valence-corrected chi connectivity index (χ1v) is 4.31. The minimum Gasteiger partial charge on any atom is -0.377 e. The summed E-state index contributed by atoms with van der Waals surface area (Å²) in [6.45, 7) is 4.87. The van der Waals surface area contributed by atoms with Gasteiger partial charge in [-0.05, 0) is 12.3 Å². The van der Waals surface area contributed by atoms with E-state index in [0.29, 0.717) is 12.5 Å². The van der Waals surface area contributed by atoms with E-state index < -0.39 is 5.60 Å². The fraction of sp³-hybridized carbons (Fsp3) is 0.889. The highest BCUT2D eigenvalue weighted by Gasteiger charge is 2.41. The van der Waals surface area contributed by atoms with Gasteiger partial charge >= 0.3 is 0 Å². The second-order valence-electron chi connectivity index (χ2n) is 3.73. The Bertz CT molecular complexity index is 197. The minimum absolute atomic E-state index is 0.0521. The summed E-state index contributed by atoms with van der Waals surface area (Å²) >= 11 is 0. The lowest BCUT2D eigenvalue weighted by Gasteiger charge is -2.36. The van der Waals surface area contributed by atoms with Crippen LogP contribution in [-0.4, -0.2) is 23.9 Å². The zero-order valence-electron chi connectivity index (χ0n) is 7.58. The lowest BCUT2D eigenvalue weighted by molar-refractivity contribution is -0.102. The predicted octanol–water partition coefficient (Wildman–Crippen LogP) is 0.934. The number of hydrogen-bond donors (Lipinski definition) is 1. The summed E-state index contributed by atoms with van der Waals surface area (Å²) in [6, 6.07) is 1.94. The molecular formula is C9H15NO2. The van der Waals surface area contributed by atoms with Gasteiger partial charge in [-0.25, -0.2) is 0 Å². The zero-order chi connectivity index (χ0) is 9.19. The molecule has 1 rings (SSSR count). The second-order valence-corrected chi connectivity index (χ2v) is 3.73. The Morgan fingerprint density at radius 1 is 1.67 bits per heavy atom. The van der Waals surface area contributed by atoms with Crippen molar-refractivity contribution in [1.29, 1.82) is 5.26 Å². The van der Waals surface area contributed by atoms with E-state index in [9.17, 15) is 5.11 Å². The maximum atomic E-state index is 9.82. The Morgan fingerprint density at radius 2 is 2.33 bits per heavy atom. The number of ether oxygens (including phenoxy) is 1. The van der Waals surface area contributed by atoms with Crippen LogP contribution in [-0.2, 0) is 4.74 Å². The van der Waals surface area contributed by atoms with Crippen molar-refractivity contribution in [2.24, 2.45) is 11.8 Å². The van der Waals surface area contributed by atoms with Gasteiger partial charge in [0.25, 0.3) is 0 Å². The number of rotatable bonds is 1. The molecule has 1 aliphatic heterocycles. The standard InChI is InChI=1S/C9H15NO2/c1-7(2)8-3-4-12-6-9(8,11)5-10/h7-8,11H,3-4,6H2,1-2H3. The van der Waals surface area contributed by atoms with Gasteiger partial charge in [0.15, 0.2) is 5.60 Å². The van der Waals surface area contributed by atoms with Gasteiger partial charge in [-0.15, -0.1) is 0 Å². The molecule has 0 bridgehead atoms. The van der Waals surface area contributed by atoms with E-state index in [1.165, 1.54) is 0 Å². The Hall–Kier alpha value is -0.590. The van der Waals surface area contributed by atoms with Gasteiger partial charge < -0.3 is 9.84 Å². The van der Waals surface area contributed by atoms with Crippen molar-refractivity contribution in [2.75, 3.05) is 13.2 Å². The molecule has 3 nitrogen and oxygen atoms in total. The van der Waals surface area contributed by atoms with Crippen molar-refractivity contribution in [3.63, 3.8) is 0 Å². The van der Waals surface area contributed by atoms with Gasteiger partial charge in [0.05, 0.1) is 6.61 Å². The molecular weight excluding hydrogens is 154 g/mol. The molecule has 0 aromatic carbocycles. The minimum atomic E-state index is -1.26. The van der Waals surface area contributed by atoms with E-state index in [-0.39, 0.29) is 12.5 Å². The fourth-order valence-electron chi connectivity index (χ4n) is 1.78. The smallest absolute Gasteiger partial charge is 0.177 e. The largest absolute Gasteiger partial charge is 0.377 e. The van der Waals surface area contributed by atoms with Crippen LogP contribution in [0.25, 0.3) is 0 Å². The van der Waals surface area contributed by atoms with Crippen molar-refractivity contribution in [3.05, 3.63) is 0 Å². The van der Waals surface area contributed by atoms with Crippen LogP contribution in [0.15, 0.2) is 0 Å². The molecule has 2 atom stereocenters. The first-order chi connectivity index (χ1) is 5.60. The van der Waals surface area contributed by atoms with Crippen molar-refractivity contribution in [2.45, 2.75) is 25.9 Å². The van der Waals surface area contributed by atoms with Gasteiger partial charge in [0.2, 0.25) is 0 Å². The van der Waals surface area contributed by atoms with Crippen molar-refractivity contribution in [1.82, 2.24) is 0 Å². The number of hydrogen-bond acceptors (Lipinski definition) is 3. The molecule has 0 aliphatic carbocycles. The van der Waals surface area contributed by atoms with Crippen LogP contribution in [0.1, 0.15) is 20.3 Å². The van der Waals surface area contributed by atoms with E-state index in [2.05, 4.69) is 0 Å². The van der Waals surface area contributed by atoms with Gasteiger partial charge in [-0.3, -0.25) is 0 Å². The monoisotopic (exact) mass is 169 g/mol. The molecule has 0 aromatic rings. The molecule has 0 aromatic heterocycles. The van der Waals surface area contributed by atoms with Crippen LogP contribution in [0.4, 0.5) is 0 Å². The summed E-state index contributed by atoms with van der Waals surface area (Å²) in [5.41, 5.74) is -1.26. The Labute approximate surface area is 73.0 Å². The first-order valence-electron chi connectivity index (χ1n) is 4.31. The molecule has 2 unspecified atom stereocenters. The number of aliphatic hydroxyl groups is 1. The summed E-state index contributed by atoms with van der Waals surface area (Å²) in [5, 5.41) is 18.6. The number of nitrogens with zero attached hydrogens (tertiary/aromatic N) is 1. The van der Waals surface area contributed by atoms with Gasteiger partial charge in [0.1, 0.15) is 6.07 Å². The van der Waals surface area contributed by atoms with Gasteiger partial charge in [0, 0.05) is 12.5 Å². The summed E-state index contributed by atoms with van der Waals surface area (Å²) in [7, 11) is 0. The van der Waals surface area contributed by atoms with Crippen molar-refractivity contribution in [3.8, 4) is 6.07 Å². The van der Waals surface area contributed by atoms with Crippen LogP contribution < -0.4 is 0 Å². The molecule has 1 aliphatic rings. The van der Waals surface area contributed by atoms with Crippen LogP contribution in [0.3, 0.4) is 0 Å². The van der Waals surface area contributed by atoms with Gasteiger partial charge in [-0.2, -0.15) is 5.26 Å². The highest BCUT2D eigenvalue weighted by molar-refractivity contribution is 5.06. The van der Waals surface area contributed by atoms with E-state index in [1.54, 1.807) is 0 Å². The summed E-state index contributed by atoms with van der Waals surface area (Å²) in [6.07, 6.45) is 0.779. The Kier molecular flexibility index (Phi) is 2.71. The van der Waals surface area contributed by atoms with E-state index >= 15 is 0 Å². The normalized spacial score (nSPS) is 36.4. The van der Waals surface area contributed by atoms with Crippen LogP contribution >= 0.6 is 0 Å². The highest BCUT2D eigenvalue weighted by atomic mass is 16.5. The third-order valence-electron chi connectivity index (χ3n) is 2.51. The molecule has 0 radical (unpaired) electrons. The summed E-state index contributed by atoms with van der Waals surface area (Å²) in [5.74, 6) is 0.384. The molecule has 12 heavy (non-hydrogen) atoms. The highest BCUT2D eigenvalue weighted by Crippen LogP contribution is 2.31. The molecule has 1 heterocycles. The molecule has 1 N–H and O–H groups in total. The van der Waals surface area contributed by atoms with Crippen LogP contribution in [0.5, 0.6) is 0 Å². The lowest BCUT2D eigenvalue weighted by Crippen LogP contribution is -2.47. The lowest BCUT2D eigenvalue weighted by atomic mass is 9.77. The van der Waals surface area contributed by atoms with E-state index in [0.717, 1.165) is 6.42 Å². The third kappa shape index (κ3) is 1.60.